The second kappa shape index (κ2) is 7.72. The maximum atomic E-state index is 12.8. The summed E-state index contributed by atoms with van der Waals surface area (Å²) in [4.78, 5) is 17.5. The van der Waals surface area contributed by atoms with E-state index in [2.05, 4.69) is 10.1 Å². The van der Waals surface area contributed by atoms with Crippen LogP contribution in [0.25, 0.3) is 0 Å². The Kier molecular flexibility index (Phi) is 6.08. The van der Waals surface area contributed by atoms with Gasteiger partial charge < -0.3 is 14.2 Å². The Hall–Kier alpha value is -1.64. The van der Waals surface area contributed by atoms with Crippen molar-refractivity contribution < 1.29 is 27.2 Å². The van der Waals surface area contributed by atoms with Crippen molar-refractivity contribution in [3.8, 4) is 0 Å². The molecule has 0 radical (unpaired) electrons. The number of aryl methyl sites for hydroxylation is 1. The topological polar surface area (TPSA) is 68.5 Å². The number of ether oxygens (including phenoxy) is 1. The number of alkyl halides is 3. The normalized spacial score (nSPS) is 19.0. The summed E-state index contributed by atoms with van der Waals surface area (Å²) in [6.45, 7) is 5.14. The van der Waals surface area contributed by atoms with Gasteiger partial charge in [-0.25, -0.2) is 0 Å². The van der Waals surface area contributed by atoms with E-state index in [1.165, 1.54) is 0 Å². The van der Waals surface area contributed by atoms with Crippen molar-refractivity contribution in [3.63, 3.8) is 0 Å². The minimum absolute atomic E-state index is 0.113. The molecule has 1 atom stereocenters. The molecule has 0 spiro atoms. The van der Waals surface area contributed by atoms with Crippen molar-refractivity contribution in [3.05, 3.63) is 11.7 Å². The fourth-order valence-electron chi connectivity index (χ4n) is 2.60. The number of aromatic nitrogens is 2. The smallest absolute Gasteiger partial charge is 0.379 e. The van der Waals surface area contributed by atoms with Gasteiger partial charge in [0.1, 0.15) is 6.54 Å². The number of rotatable bonds is 5. The first-order valence-corrected chi connectivity index (χ1v) is 8.33. The average Bonchev–Trinajstić information content (AvgIpc) is 2.99. The lowest BCUT2D eigenvalue weighted by molar-refractivity contribution is -0.170. The molecule has 1 aliphatic rings. The minimum Gasteiger partial charge on any atom is -0.379 e. The molecule has 1 aromatic rings. The zero-order valence-electron chi connectivity index (χ0n) is 14.7. The van der Waals surface area contributed by atoms with E-state index in [1.807, 2.05) is 20.8 Å². The van der Waals surface area contributed by atoms with Crippen LogP contribution in [0.15, 0.2) is 4.52 Å². The number of nitrogens with zero attached hydrogens (tertiary/aromatic N) is 3. The third-order valence-electron chi connectivity index (χ3n) is 3.94. The second-order valence-electron chi connectivity index (χ2n) is 7.27. The molecule has 0 N–H and O–H groups in total. The van der Waals surface area contributed by atoms with Crippen molar-refractivity contribution in [1.82, 2.24) is 15.0 Å². The van der Waals surface area contributed by atoms with Crippen LogP contribution < -0.4 is 0 Å². The van der Waals surface area contributed by atoms with Gasteiger partial charge in [0.15, 0.2) is 5.82 Å². The molecule has 1 aliphatic heterocycles. The van der Waals surface area contributed by atoms with E-state index in [0.717, 1.165) is 4.90 Å². The number of hydrogen-bond donors (Lipinski definition) is 0. The van der Waals surface area contributed by atoms with Crippen LogP contribution in [0, 0.1) is 0 Å². The molecule has 1 saturated heterocycles. The first-order valence-electron chi connectivity index (χ1n) is 8.33. The molecule has 0 bridgehead atoms. The Morgan fingerprint density at radius 2 is 2.04 bits per heavy atom. The summed E-state index contributed by atoms with van der Waals surface area (Å²) in [7, 11) is 0. The molecule has 0 aliphatic carbocycles. The van der Waals surface area contributed by atoms with Crippen molar-refractivity contribution in [2.45, 2.75) is 64.1 Å². The van der Waals surface area contributed by atoms with Crippen LogP contribution in [-0.2, 0) is 21.4 Å². The molecule has 9 heteroatoms. The number of halogens is 3. The first-order chi connectivity index (χ1) is 11.6. The summed E-state index contributed by atoms with van der Waals surface area (Å²) in [5.41, 5.74) is -0.298. The average molecular weight is 363 g/mol. The number of hydrogen-bond acceptors (Lipinski definition) is 5. The zero-order valence-corrected chi connectivity index (χ0v) is 14.7. The second-order valence-corrected chi connectivity index (χ2v) is 7.27. The molecule has 2 heterocycles. The lowest BCUT2D eigenvalue weighted by atomic mass is 9.96. The SMILES string of the molecule is CC(C)(C)c1noc(CCC(=O)N(CC(F)(F)F)[C@H]2CCCOC2)n1. The lowest BCUT2D eigenvalue weighted by Crippen LogP contribution is -2.49. The molecule has 1 aromatic heterocycles. The number of carbonyl (C=O) groups is 1. The van der Waals surface area contributed by atoms with Gasteiger partial charge in [-0.1, -0.05) is 25.9 Å². The highest BCUT2D eigenvalue weighted by molar-refractivity contribution is 5.76. The van der Waals surface area contributed by atoms with E-state index >= 15 is 0 Å². The minimum atomic E-state index is -4.45. The molecular weight excluding hydrogens is 339 g/mol. The van der Waals surface area contributed by atoms with Gasteiger partial charge >= 0.3 is 6.18 Å². The molecule has 2 rings (SSSR count). The van der Waals surface area contributed by atoms with E-state index in [0.29, 0.717) is 25.3 Å². The summed E-state index contributed by atoms with van der Waals surface area (Å²) in [6, 6.07) is -0.546. The monoisotopic (exact) mass is 363 g/mol. The van der Waals surface area contributed by atoms with Crippen molar-refractivity contribution >= 4 is 5.91 Å². The standard InChI is InChI=1S/C16H24F3N3O3/c1-15(2,3)14-20-12(25-21-14)6-7-13(23)22(10-16(17,18)19)11-5-4-8-24-9-11/h11H,4-10H2,1-3H3/t11-/m0/s1. The predicted octanol–water partition coefficient (Wildman–Crippen LogP) is 2.87. The van der Waals surface area contributed by atoms with Gasteiger partial charge in [-0.3, -0.25) is 4.79 Å². The van der Waals surface area contributed by atoms with Gasteiger partial charge in [0.25, 0.3) is 0 Å². The van der Waals surface area contributed by atoms with Crippen molar-refractivity contribution in [2.24, 2.45) is 0 Å². The summed E-state index contributed by atoms with van der Waals surface area (Å²) in [5, 5.41) is 3.85. The summed E-state index contributed by atoms with van der Waals surface area (Å²) >= 11 is 0. The van der Waals surface area contributed by atoms with Crippen LogP contribution in [-0.4, -0.2) is 52.9 Å². The molecule has 1 amide bonds. The van der Waals surface area contributed by atoms with E-state index in [9.17, 15) is 18.0 Å². The van der Waals surface area contributed by atoms with Gasteiger partial charge in [0.2, 0.25) is 11.8 Å². The maximum absolute atomic E-state index is 12.8. The zero-order chi connectivity index (χ0) is 18.7. The fraction of sp³-hybridized carbons (Fsp3) is 0.812. The molecule has 0 saturated carbocycles. The molecule has 0 aromatic carbocycles. The van der Waals surface area contributed by atoms with E-state index in [4.69, 9.17) is 9.26 Å². The van der Waals surface area contributed by atoms with Crippen LogP contribution in [0.5, 0.6) is 0 Å². The number of amides is 1. The van der Waals surface area contributed by atoms with Crippen LogP contribution in [0.2, 0.25) is 0 Å². The quantitative estimate of drug-likeness (QED) is 0.805. The Morgan fingerprint density at radius 3 is 2.56 bits per heavy atom. The summed E-state index contributed by atoms with van der Waals surface area (Å²) in [5.74, 6) is 0.177. The lowest BCUT2D eigenvalue weighted by Gasteiger charge is -2.34. The van der Waals surface area contributed by atoms with Crippen LogP contribution in [0.1, 0.15) is 51.7 Å². The number of carbonyl (C=O) groups excluding carboxylic acids is 1. The highest BCUT2D eigenvalue weighted by Gasteiger charge is 2.37. The summed E-state index contributed by atoms with van der Waals surface area (Å²) in [6.07, 6.45) is -3.29. The molecule has 25 heavy (non-hydrogen) atoms. The highest BCUT2D eigenvalue weighted by Crippen LogP contribution is 2.23. The van der Waals surface area contributed by atoms with E-state index in [1.54, 1.807) is 0 Å². The van der Waals surface area contributed by atoms with Gasteiger partial charge in [0.05, 0.1) is 12.6 Å². The molecule has 1 fully saturated rings. The van der Waals surface area contributed by atoms with Crippen LogP contribution in [0.3, 0.4) is 0 Å². The molecule has 142 valence electrons. The van der Waals surface area contributed by atoms with Gasteiger partial charge in [-0.15, -0.1) is 0 Å². The van der Waals surface area contributed by atoms with Gasteiger partial charge in [-0.2, -0.15) is 18.2 Å². The van der Waals surface area contributed by atoms with Gasteiger partial charge in [-0.05, 0) is 12.8 Å². The third-order valence-corrected chi connectivity index (χ3v) is 3.94. The van der Waals surface area contributed by atoms with Crippen molar-refractivity contribution in [1.29, 1.82) is 0 Å². The Labute approximate surface area is 144 Å². The van der Waals surface area contributed by atoms with Crippen LogP contribution in [0.4, 0.5) is 13.2 Å². The Bertz CT molecular complexity index is 575. The van der Waals surface area contributed by atoms with Crippen LogP contribution >= 0.6 is 0 Å². The predicted molar refractivity (Wildman–Crippen MR) is 82.9 cm³/mol. The fourth-order valence-corrected chi connectivity index (χ4v) is 2.60. The highest BCUT2D eigenvalue weighted by atomic mass is 19.4. The molecule has 6 nitrogen and oxygen atoms in total. The third kappa shape index (κ3) is 5.98. The van der Waals surface area contributed by atoms with Gasteiger partial charge in [0, 0.05) is 24.9 Å². The largest absolute Gasteiger partial charge is 0.406 e. The Balaban J connectivity index is 1.99. The van der Waals surface area contributed by atoms with E-state index < -0.39 is 24.7 Å². The van der Waals surface area contributed by atoms with E-state index in [-0.39, 0.29) is 30.8 Å². The maximum Gasteiger partial charge on any atom is 0.406 e. The summed E-state index contributed by atoms with van der Waals surface area (Å²) < 4.78 is 48.8. The first kappa shape index (κ1) is 19.7. The molecular formula is C16H24F3N3O3. The Morgan fingerprint density at radius 1 is 1.32 bits per heavy atom. The molecule has 0 unspecified atom stereocenters. The van der Waals surface area contributed by atoms with Crippen molar-refractivity contribution in [2.75, 3.05) is 19.8 Å².